The molecule has 274 valence electrons. The zero-order chi connectivity index (χ0) is 37.8. The third-order valence-corrected chi connectivity index (χ3v) is 17.6. The van der Waals surface area contributed by atoms with Crippen molar-refractivity contribution in [2.45, 2.75) is 38.0 Å². The Balaban J connectivity index is 1.22. The fraction of sp³-hybridized carbons (Fsp3) is 0.111. The van der Waals surface area contributed by atoms with Crippen LogP contribution >= 0.6 is 0 Å². The van der Waals surface area contributed by atoms with Gasteiger partial charge >= 0.3 is 0 Å². The van der Waals surface area contributed by atoms with E-state index in [2.05, 4.69) is 209 Å². The largest absolute Gasteiger partial charge is 0.307 e. The summed E-state index contributed by atoms with van der Waals surface area (Å²) in [5.41, 5.74) is 8.90. The fourth-order valence-electron chi connectivity index (χ4n) is 10.5. The van der Waals surface area contributed by atoms with E-state index in [9.17, 15) is 0 Å². The number of benzene rings is 8. The van der Waals surface area contributed by atoms with Gasteiger partial charge < -0.3 is 9.13 Å². The van der Waals surface area contributed by atoms with Crippen LogP contribution in [0.15, 0.2) is 200 Å². The van der Waals surface area contributed by atoms with Gasteiger partial charge in [0.15, 0.2) is 8.07 Å². The van der Waals surface area contributed by atoms with E-state index in [1.807, 2.05) is 0 Å². The standard InChI is InChI=1S/C54H44N2Si/c1-5-20-39(21-6-1)45-32-18-36-51-53(45)48-31-14-16-35-50(48)56(51)52-37-19-33-47-46-30-13-15-34-49(46)55(54(47)52)40-22-17-29-44(38-40)57(41-23-7-2-8-24-41,42-25-9-3-10-26-42)43-27-11-4-12-28-43/h2-4,7-19,22-39H,1,5-6,20-21H2. The van der Waals surface area contributed by atoms with Crippen molar-refractivity contribution in [3.05, 3.63) is 206 Å². The molecule has 2 heterocycles. The highest BCUT2D eigenvalue weighted by molar-refractivity contribution is 7.19. The van der Waals surface area contributed by atoms with Crippen LogP contribution in [0.2, 0.25) is 0 Å². The second-order valence-corrected chi connectivity index (χ2v) is 19.7. The highest BCUT2D eigenvalue weighted by Gasteiger charge is 2.41. The van der Waals surface area contributed by atoms with Crippen LogP contribution in [0.1, 0.15) is 43.6 Å². The molecular weight excluding hydrogens is 705 g/mol. The molecule has 0 unspecified atom stereocenters. The Hall–Kier alpha value is -6.42. The lowest BCUT2D eigenvalue weighted by Gasteiger charge is -2.34. The highest BCUT2D eigenvalue weighted by atomic mass is 28.3. The normalized spacial score (nSPS) is 13.9. The number of nitrogens with zero attached hydrogens (tertiary/aromatic N) is 2. The molecule has 57 heavy (non-hydrogen) atoms. The number of hydrogen-bond acceptors (Lipinski definition) is 0. The Morgan fingerprint density at radius 2 is 0.895 bits per heavy atom. The molecule has 0 aliphatic heterocycles. The monoisotopic (exact) mass is 748 g/mol. The number of aromatic nitrogens is 2. The lowest BCUT2D eigenvalue weighted by molar-refractivity contribution is 0.445. The van der Waals surface area contributed by atoms with Crippen LogP contribution in [0.5, 0.6) is 0 Å². The van der Waals surface area contributed by atoms with Gasteiger partial charge in [-0.25, -0.2) is 0 Å². The Bertz CT molecular complexity index is 2950. The smallest absolute Gasteiger partial charge is 0.179 e. The van der Waals surface area contributed by atoms with E-state index < -0.39 is 8.07 Å². The van der Waals surface area contributed by atoms with Gasteiger partial charge in [-0.3, -0.25) is 0 Å². The summed E-state index contributed by atoms with van der Waals surface area (Å²) in [6.07, 6.45) is 6.55. The van der Waals surface area contributed by atoms with Gasteiger partial charge in [0.2, 0.25) is 0 Å². The second-order valence-electron chi connectivity index (χ2n) is 15.9. The van der Waals surface area contributed by atoms with E-state index in [-0.39, 0.29) is 0 Å². The number of rotatable bonds is 7. The first-order valence-electron chi connectivity index (χ1n) is 20.6. The van der Waals surface area contributed by atoms with Crippen LogP contribution in [0.25, 0.3) is 55.0 Å². The molecule has 0 spiro atoms. The summed E-state index contributed by atoms with van der Waals surface area (Å²) in [5.74, 6) is 0.606. The zero-order valence-electron chi connectivity index (χ0n) is 32.1. The minimum Gasteiger partial charge on any atom is -0.307 e. The van der Waals surface area contributed by atoms with E-state index in [0.717, 1.165) is 0 Å². The average molecular weight is 749 g/mol. The van der Waals surface area contributed by atoms with Crippen molar-refractivity contribution in [3.8, 4) is 11.4 Å². The van der Waals surface area contributed by atoms with Crippen LogP contribution in [-0.2, 0) is 0 Å². The maximum atomic E-state index is 2.56. The molecule has 8 aromatic carbocycles. The van der Waals surface area contributed by atoms with E-state index in [1.165, 1.54) is 113 Å². The second kappa shape index (κ2) is 13.9. The quantitative estimate of drug-likeness (QED) is 0.113. The van der Waals surface area contributed by atoms with Gasteiger partial charge in [-0.1, -0.05) is 183 Å². The molecule has 2 aromatic heterocycles. The first-order chi connectivity index (χ1) is 28.3. The summed E-state index contributed by atoms with van der Waals surface area (Å²) in [6, 6.07) is 75.3. The first-order valence-corrected chi connectivity index (χ1v) is 22.6. The number of hydrogen-bond donors (Lipinski definition) is 0. The van der Waals surface area contributed by atoms with Crippen LogP contribution in [0, 0.1) is 0 Å². The predicted octanol–water partition coefficient (Wildman–Crippen LogP) is 11.3. The van der Waals surface area contributed by atoms with Crippen LogP contribution in [0.4, 0.5) is 0 Å². The van der Waals surface area contributed by atoms with Gasteiger partial charge in [-0.15, -0.1) is 0 Å². The highest BCUT2D eigenvalue weighted by Crippen LogP contribution is 2.43. The van der Waals surface area contributed by atoms with Crippen molar-refractivity contribution in [2.75, 3.05) is 0 Å². The van der Waals surface area contributed by atoms with E-state index in [4.69, 9.17) is 0 Å². The van der Waals surface area contributed by atoms with Crippen molar-refractivity contribution in [2.24, 2.45) is 0 Å². The first kappa shape index (κ1) is 33.9. The molecule has 0 radical (unpaired) electrons. The molecule has 1 aliphatic carbocycles. The van der Waals surface area contributed by atoms with Crippen LogP contribution in [-0.4, -0.2) is 17.2 Å². The molecule has 1 aliphatic rings. The molecule has 2 nitrogen and oxygen atoms in total. The molecule has 0 bridgehead atoms. The van der Waals surface area contributed by atoms with Gasteiger partial charge in [0.05, 0.1) is 27.8 Å². The maximum absolute atomic E-state index is 2.76. The lowest BCUT2D eigenvalue weighted by Crippen LogP contribution is -2.74. The maximum Gasteiger partial charge on any atom is 0.179 e. The Kier molecular flexibility index (Phi) is 8.29. The van der Waals surface area contributed by atoms with Gasteiger partial charge in [0.1, 0.15) is 0 Å². The van der Waals surface area contributed by atoms with Crippen molar-refractivity contribution >= 4 is 72.4 Å². The SMILES string of the molecule is c1ccc([Si](c2ccccc2)(c2ccccc2)c2cccc(-n3c4ccccc4c4cccc(-n5c6ccccc6c6c(C7CCCCC7)cccc65)c43)c2)cc1. The summed E-state index contributed by atoms with van der Waals surface area (Å²) < 4.78 is 5.12. The van der Waals surface area contributed by atoms with E-state index in [1.54, 1.807) is 0 Å². The minimum atomic E-state index is -2.76. The molecule has 0 saturated heterocycles. The van der Waals surface area contributed by atoms with Crippen molar-refractivity contribution in [1.82, 2.24) is 9.13 Å². The van der Waals surface area contributed by atoms with Gasteiger partial charge in [-0.2, -0.15) is 0 Å². The number of para-hydroxylation sites is 3. The average Bonchev–Trinajstić information content (AvgIpc) is 3.82. The van der Waals surface area contributed by atoms with Crippen molar-refractivity contribution in [3.63, 3.8) is 0 Å². The summed E-state index contributed by atoms with van der Waals surface area (Å²) in [7, 11) is -2.76. The Labute approximate surface area is 335 Å². The molecule has 0 amide bonds. The zero-order valence-corrected chi connectivity index (χ0v) is 33.1. The minimum absolute atomic E-state index is 0.606. The van der Waals surface area contributed by atoms with E-state index >= 15 is 0 Å². The molecular formula is C54H44N2Si. The van der Waals surface area contributed by atoms with Gasteiger partial charge in [-0.05, 0) is 81.5 Å². The lowest BCUT2D eigenvalue weighted by atomic mass is 9.82. The summed E-state index contributed by atoms with van der Waals surface area (Å²) in [6.45, 7) is 0. The molecule has 0 N–H and O–H groups in total. The Morgan fingerprint density at radius 1 is 0.386 bits per heavy atom. The van der Waals surface area contributed by atoms with Crippen molar-refractivity contribution in [1.29, 1.82) is 0 Å². The number of fused-ring (bicyclic) bond motifs is 6. The predicted molar refractivity (Wildman–Crippen MR) is 245 cm³/mol. The van der Waals surface area contributed by atoms with Crippen molar-refractivity contribution < 1.29 is 0 Å². The van der Waals surface area contributed by atoms with Gasteiger partial charge in [0.25, 0.3) is 0 Å². The molecule has 0 atom stereocenters. The van der Waals surface area contributed by atoms with Gasteiger partial charge in [0, 0.05) is 27.2 Å². The molecule has 11 rings (SSSR count). The van der Waals surface area contributed by atoms with E-state index in [0.29, 0.717) is 5.92 Å². The Morgan fingerprint density at radius 3 is 1.56 bits per heavy atom. The topological polar surface area (TPSA) is 9.86 Å². The van der Waals surface area contributed by atoms with Crippen LogP contribution < -0.4 is 20.7 Å². The summed E-state index contributed by atoms with van der Waals surface area (Å²) in [4.78, 5) is 0. The fourth-order valence-corrected chi connectivity index (χ4v) is 15.2. The summed E-state index contributed by atoms with van der Waals surface area (Å²) in [5, 5.41) is 10.8. The third kappa shape index (κ3) is 5.30. The molecule has 1 fully saturated rings. The van der Waals surface area contributed by atoms with Crippen LogP contribution in [0.3, 0.4) is 0 Å². The summed E-state index contributed by atoms with van der Waals surface area (Å²) >= 11 is 0. The molecule has 3 heteroatoms. The third-order valence-electron chi connectivity index (χ3n) is 12.8. The molecule has 1 saturated carbocycles. The molecule has 10 aromatic rings.